The smallest absolute Gasteiger partial charge is 0.132 e. The Morgan fingerprint density at radius 2 is 2.10 bits per heavy atom. The van der Waals surface area contributed by atoms with Crippen LogP contribution in [0.4, 0.5) is 0 Å². The van der Waals surface area contributed by atoms with Gasteiger partial charge in [0.15, 0.2) is 0 Å². The van der Waals surface area contributed by atoms with Crippen molar-refractivity contribution >= 4 is 5.78 Å². The van der Waals surface area contributed by atoms with E-state index in [2.05, 4.69) is 0 Å². The van der Waals surface area contributed by atoms with Gasteiger partial charge in [-0.25, -0.2) is 0 Å². The molecule has 2 nitrogen and oxygen atoms in total. The van der Waals surface area contributed by atoms with Crippen LogP contribution in [0.15, 0.2) is 0 Å². The minimum absolute atomic E-state index is 0.358. The molecule has 2 heteroatoms. The molecule has 0 amide bonds. The molecule has 0 saturated carbocycles. The average Bonchev–Trinajstić information content (AvgIpc) is 1.98. The fourth-order valence-corrected chi connectivity index (χ4v) is 0.745. The summed E-state index contributed by atoms with van der Waals surface area (Å²) >= 11 is 0. The van der Waals surface area contributed by atoms with Crippen molar-refractivity contribution in [2.75, 3.05) is 13.7 Å². The Labute approximate surface area is 62.6 Å². The first-order valence-corrected chi connectivity index (χ1v) is 3.82. The van der Waals surface area contributed by atoms with Crippen LogP contribution in [0.3, 0.4) is 0 Å². The molecule has 0 rings (SSSR count). The van der Waals surface area contributed by atoms with Crippen LogP contribution in [-0.2, 0) is 9.53 Å². The van der Waals surface area contributed by atoms with Crippen molar-refractivity contribution in [3.05, 3.63) is 0 Å². The molecule has 0 radical (unpaired) electrons. The van der Waals surface area contributed by atoms with Gasteiger partial charge in [-0.15, -0.1) is 0 Å². The van der Waals surface area contributed by atoms with Gasteiger partial charge in [0.1, 0.15) is 5.78 Å². The summed E-state index contributed by atoms with van der Waals surface area (Å²) in [7, 11) is 1.68. The number of Topliss-reactive ketones (excluding diaryl/α,β-unsaturated/α-hetero) is 1. The maximum atomic E-state index is 10.7. The van der Waals surface area contributed by atoms with Crippen LogP contribution in [0.1, 0.15) is 32.6 Å². The van der Waals surface area contributed by atoms with E-state index in [-0.39, 0.29) is 0 Å². The van der Waals surface area contributed by atoms with Crippen LogP contribution in [0.25, 0.3) is 0 Å². The van der Waals surface area contributed by atoms with Crippen LogP contribution >= 0.6 is 0 Å². The second-order valence-electron chi connectivity index (χ2n) is 2.34. The summed E-state index contributed by atoms with van der Waals surface area (Å²) in [5.74, 6) is 0.358. The van der Waals surface area contributed by atoms with Gasteiger partial charge in [0.2, 0.25) is 0 Å². The van der Waals surface area contributed by atoms with E-state index >= 15 is 0 Å². The lowest BCUT2D eigenvalue weighted by Crippen LogP contribution is -1.96. The molecule has 0 saturated heterocycles. The van der Waals surface area contributed by atoms with Gasteiger partial charge in [-0.3, -0.25) is 4.79 Å². The maximum Gasteiger partial charge on any atom is 0.132 e. The van der Waals surface area contributed by atoms with E-state index in [1.165, 1.54) is 0 Å². The van der Waals surface area contributed by atoms with E-state index < -0.39 is 0 Å². The third-order valence-corrected chi connectivity index (χ3v) is 1.45. The zero-order valence-corrected chi connectivity index (χ0v) is 6.85. The van der Waals surface area contributed by atoms with Gasteiger partial charge in [0.05, 0.1) is 0 Å². The predicted molar refractivity (Wildman–Crippen MR) is 41.0 cm³/mol. The number of unbranched alkanes of at least 4 members (excludes halogenated alkanes) is 1. The largest absolute Gasteiger partial charge is 0.385 e. The normalized spacial score (nSPS) is 9.80. The monoisotopic (exact) mass is 144 g/mol. The molecule has 0 aliphatic rings. The van der Waals surface area contributed by atoms with Gasteiger partial charge >= 0.3 is 0 Å². The fourth-order valence-electron chi connectivity index (χ4n) is 0.745. The average molecular weight is 144 g/mol. The standard InChI is InChI=1S/C8H16O2/c1-3-8(9)6-4-5-7-10-2/h3-7H2,1-2H3. The Kier molecular flexibility index (Phi) is 6.50. The summed E-state index contributed by atoms with van der Waals surface area (Å²) in [5, 5.41) is 0. The van der Waals surface area contributed by atoms with Gasteiger partial charge in [-0.05, 0) is 12.8 Å². The lowest BCUT2D eigenvalue weighted by atomic mass is 10.1. The van der Waals surface area contributed by atoms with E-state index in [0.29, 0.717) is 12.2 Å². The number of carbonyl (C=O) groups is 1. The lowest BCUT2D eigenvalue weighted by molar-refractivity contribution is -0.118. The molecule has 0 atom stereocenters. The molecule has 0 aliphatic carbocycles. The number of hydrogen-bond acceptors (Lipinski definition) is 2. The first-order chi connectivity index (χ1) is 4.81. The Bertz CT molecular complexity index is 89.3. The Hall–Kier alpha value is -0.370. The lowest BCUT2D eigenvalue weighted by Gasteiger charge is -1.96. The third kappa shape index (κ3) is 5.76. The summed E-state index contributed by atoms with van der Waals surface area (Å²) in [6.45, 7) is 2.68. The van der Waals surface area contributed by atoms with E-state index in [4.69, 9.17) is 4.74 Å². The number of methoxy groups -OCH3 is 1. The summed E-state index contributed by atoms with van der Waals surface area (Å²) < 4.78 is 4.85. The van der Waals surface area contributed by atoms with Crippen molar-refractivity contribution in [3.8, 4) is 0 Å². The molecular weight excluding hydrogens is 128 g/mol. The van der Waals surface area contributed by atoms with Gasteiger partial charge < -0.3 is 4.74 Å². The van der Waals surface area contributed by atoms with Crippen molar-refractivity contribution in [1.82, 2.24) is 0 Å². The molecule has 0 aromatic heterocycles. The van der Waals surface area contributed by atoms with Crippen molar-refractivity contribution in [2.45, 2.75) is 32.6 Å². The minimum atomic E-state index is 0.358. The van der Waals surface area contributed by atoms with Gasteiger partial charge in [0.25, 0.3) is 0 Å². The van der Waals surface area contributed by atoms with Gasteiger partial charge in [-0.1, -0.05) is 6.92 Å². The Morgan fingerprint density at radius 3 is 2.60 bits per heavy atom. The summed E-state index contributed by atoms with van der Waals surface area (Å²) in [6, 6.07) is 0. The molecule has 0 bridgehead atoms. The zero-order chi connectivity index (χ0) is 7.82. The molecule has 10 heavy (non-hydrogen) atoms. The van der Waals surface area contributed by atoms with Crippen LogP contribution in [0.2, 0.25) is 0 Å². The van der Waals surface area contributed by atoms with E-state index in [1.54, 1.807) is 7.11 Å². The molecule has 0 fully saturated rings. The highest BCUT2D eigenvalue weighted by Crippen LogP contribution is 1.98. The highest BCUT2D eigenvalue weighted by Gasteiger charge is 1.96. The first-order valence-electron chi connectivity index (χ1n) is 3.82. The van der Waals surface area contributed by atoms with Crippen LogP contribution in [0, 0.1) is 0 Å². The zero-order valence-electron chi connectivity index (χ0n) is 6.85. The topological polar surface area (TPSA) is 26.3 Å². The molecule has 0 aliphatic heterocycles. The molecule has 0 N–H and O–H groups in total. The highest BCUT2D eigenvalue weighted by atomic mass is 16.5. The number of ether oxygens (including phenoxy) is 1. The van der Waals surface area contributed by atoms with E-state index in [0.717, 1.165) is 25.9 Å². The quantitative estimate of drug-likeness (QED) is 0.531. The SMILES string of the molecule is CCC(=O)CCCCOC. The van der Waals surface area contributed by atoms with Crippen LogP contribution < -0.4 is 0 Å². The van der Waals surface area contributed by atoms with E-state index in [1.807, 2.05) is 6.92 Å². The minimum Gasteiger partial charge on any atom is -0.385 e. The Morgan fingerprint density at radius 1 is 1.40 bits per heavy atom. The number of rotatable bonds is 6. The van der Waals surface area contributed by atoms with Crippen LogP contribution in [-0.4, -0.2) is 19.5 Å². The Balaban J connectivity index is 2.96. The summed E-state index contributed by atoms with van der Waals surface area (Å²) in [6.07, 6.45) is 3.37. The molecule has 0 unspecified atom stereocenters. The molecular formula is C8H16O2. The number of carbonyl (C=O) groups excluding carboxylic acids is 1. The molecule has 0 aromatic rings. The maximum absolute atomic E-state index is 10.7. The van der Waals surface area contributed by atoms with Gasteiger partial charge in [-0.2, -0.15) is 0 Å². The molecule has 0 spiro atoms. The summed E-state index contributed by atoms with van der Waals surface area (Å²) in [5.41, 5.74) is 0. The van der Waals surface area contributed by atoms with Gasteiger partial charge in [0, 0.05) is 26.6 Å². The highest BCUT2D eigenvalue weighted by molar-refractivity contribution is 5.77. The number of ketones is 1. The first kappa shape index (κ1) is 9.63. The molecule has 60 valence electrons. The second-order valence-corrected chi connectivity index (χ2v) is 2.34. The van der Waals surface area contributed by atoms with Crippen molar-refractivity contribution < 1.29 is 9.53 Å². The molecule has 0 aromatic carbocycles. The summed E-state index contributed by atoms with van der Waals surface area (Å²) in [4.78, 5) is 10.7. The fraction of sp³-hybridized carbons (Fsp3) is 0.875. The molecule has 0 heterocycles. The van der Waals surface area contributed by atoms with Crippen molar-refractivity contribution in [2.24, 2.45) is 0 Å². The third-order valence-electron chi connectivity index (χ3n) is 1.45. The van der Waals surface area contributed by atoms with E-state index in [9.17, 15) is 4.79 Å². The second kappa shape index (κ2) is 6.75. The van der Waals surface area contributed by atoms with Crippen molar-refractivity contribution in [3.63, 3.8) is 0 Å². The number of hydrogen-bond donors (Lipinski definition) is 0. The van der Waals surface area contributed by atoms with Crippen molar-refractivity contribution in [1.29, 1.82) is 0 Å². The predicted octanol–water partition coefficient (Wildman–Crippen LogP) is 1.78. The van der Waals surface area contributed by atoms with Crippen LogP contribution in [0.5, 0.6) is 0 Å².